The highest BCUT2D eigenvalue weighted by atomic mass is 32.2. The molecule has 5 nitrogen and oxygen atoms in total. The Bertz CT molecular complexity index is 1030. The molecule has 0 aliphatic rings. The number of hydrogen-bond donors (Lipinski definition) is 1. The predicted octanol–water partition coefficient (Wildman–Crippen LogP) is 3.90. The first-order valence-electron chi connectivity index (χ1n) is 7.81. The van der Waals surface area contributed by atoms with E-state index >= 15 is 0 Å². The zero-order valence-corrected chi connectivity index (χ0v) is 15.6. The Morgan fingerprint density at radius 2 is 2.31 bits per heavy atom. The van der Waals surface area contributed by atoms with E-state index in [1.807, 2.05) is 5.38 Å². The summed E-state index contributed by atoms with van der Waals surface area (Å²) in [4.78, 5) is 30.2. The summed E-state index contributed by atoms with van der Waals surface area (Å²) in [5.74, 6) is -0.723. The maximum Gasteiger partial charge on any atom is 0.263 e. The number of allylic oxidation sites excluding steroid dienone is 1. The fourth-order valence-corrected chi connectivity index (χ4v) is 4.06. The third kappa shape index (κ3) is 3.86. The van der Waals surface area contributed by atoms with Crippen molar-refractivity contribution in [2.45, 2.75) is 23.9 Å². The first-order chi connectivity index (χ1) is 12.5. The van der Waals surface area contributed by atoms with Crippen LogP contribution in [0.5, 0.6) is 0 Å². The molecule has 0 radical (unpaired) electrons. The van der Waals surface area contributed by atoms with Crippen molar-refractivity contribution in [1.82, 2.24) is 9.55 Å². The van der Waals surface area contributed by atoms with Gasteiger partial charge in [-0.25, -0.2) is 9.37 Å². The zero-order chi connectivity index (χ0) is 18.7. The number of anilines is 1. The quantitative estimate of drug-likeness (QED) is 0.394. The Morgan fingerprint density at radius 1 is 1.50 bits per heavy atom. The minimum Gasteiger partial charge on any atom is -0.325 e. The van der Waals surface area contributed by atoms with Crippen LogP contribution in [0, 0.1) is 5.82 Å². The molecular weight excluding hydrogens is 373 g/mol. The molecule has 0 spiro atoms. The standard InChI is InChI=1S/C18H16FN3O2S2/c1-3-8-22-17(24)14-7-9-25-16(14)21-18(22)26-11(2)15(23)20-13-6-4-5-12(19)10-13/h3-7,9-11H,1,8H2,2H3,(H,20,23). The molecule has 26 heavy (non-hydrogen) atoms. The van der Waals surface area contributed by atoms with E-state index in [1.165, 1.54) is 45.9 Å². The van der Waals surface area contributed by atoms with Gasteiger partial charge in [-0.15, -0.1) is 17.9 Å². The Hall–Kier alpha value is -2.45. The normalized spacial score (nSPS) is 12.1. The third-order valence-electron chi connectivity index (χ3n) is 3.60. The molecule has 1 atom stereocenters. The molecular formula is C18H16FN3O2S2. The summed E-state index contributed by atoms with van der Waals surface area (Å²) in [7, 11) is 0. The SMILES string of the molecule is C=CCn1c(SC(C)C(=O)Nc2cccc(F)c2)nc2sccc2c1=O. The number of aromatic nitrogens is 2. The van der Waals surface area contributed by atoms with E-state index in [0.29, 0.717) is 27.6 Å². The van der Waals surface area contributed by atoms with Gasteiger partial charge in [-0.2, -0.15) is 0 Å². The van der Waals surface area contributed by atoms with E-state index < -0.39 is 11.1 Å². The highest BCUT2D eigenvalue weighted by Gasteiger charge is 2.19. The summed E-state index contributed by atoms with van der Waals surface area (Å²) in [6.07, 6.45) is 1.61. The molecule has 0 fully saturated rings. The molecule has 0 bridgehead atoms. The number of nitrogens with zero attached hydrogens (tertiary/aromatic N) is 2. The minimum atomic E-state index is -0.529. The average molecular weight is 389 g/mol. The van der Waals surface area contributed by atoms with E-state index in [0.717, 1.165) is 0 Å². The second-order valence-corrected chi connectivity index (χ2v) is 7.70. The lowest BCUT2D eigenvalue weighted by Gasteiger charge is -2.15. The molecule has 1 amide bonds. The highest BCUT2D eigenvalue weighted by Crippen LogP contribution is 2.25. The molecule has 0 saturated carbocycles. The predicted molar refractivity (Wildman–Crippen MR) is 104 cm³/mol. The van der Waals surface area contributed by atoms with Crippen LogP contribution in [0.4, 0.5) is 10.1 Å². The molecule has 1 aromatic carbocycles. The van der Waals surface area contributed by atoms with Gasteiger partial charge in [0.05, 0.1) is 10.6 Å². The number of carbonyl (C=O) groups excluding carboxylic acids is 1. The summed E-state index contributed by atoms with van der Waals surface area (Å²) in [6.45, 7) is 5.69. The number of rotatable bonds is 6. The van der Waals surface area contributed by atoms with Gasteiger partial charge >= 0.3 is 0 Å². The van der Waals surface area contributed by atoms with E-state index in [2.05, 4.69) is 16.9 Å². The van der Waals surface area contributed by atoms with Crippen molar-refractivity contribution >= 4 is 44.9 Å². The minimum absolute atomic E-state index is 0.156. The van der Waals surface area contributed by atoms with Crippen molar-refractivity contribution in [1.29, 1.82) is 0 Å². The van der Waals surface area contributed by atoms with Gasteiger partial charge < -0.3 is 5.32 Å². The lowest BCUT2D eigenvalue weighted by atomic mass is 10.3. The van der Waals surface area contributed by atoms with Gasteiger partial charge in [-0.05, 0) is 36.6 Å². The summed E-state index contributed by atoms with van der Waals surface area (Å²) >= 11 is 2.56. The van der Waals surface area contributed by atoms with Crippen molar-refractivity contribution in [3.8, 4) is 0 Å². The van der Waals surface area contributed by atoms with Crippen LogP contribution in [-0.2, 0) is 11.3 Å². The number of thiophene rings is 1. The lowest BCUT2D eigenvalue weighted by molar-refractivity contribution is -0.115. The van der Waals surface area contributed by atoms with Crippen LogP contribution < -0.4 is 10.9 Å². The fourth-order valence-electron chi connectivity index (χ4n) is 2.33. The van der Waals surface area contributed by atoms with Crippen LogP contribution >= 0.6 is 23.1 Å². The number of benzene rings is 1. The number of carbonyl (C=O) groups is 1. The Kier molecular flexibility index (Phi) is 5.53. The summed E-state index contributed by atoms with van der Waals surface area (Å²) < 4.78 is 14.8. The molecule has 2 aromatic heterocycles. The molecule has 2 heterocycles. The van der Waals surface area contributed by atoms with Crippen LogP contribution in [0.1, 0.15) is 6.92 Å². The maximum atomic E-state index is 13.3. The van der Waals surface area contributed by atoms with Crippen molar-refractivity contribution in [3.05, 3.63) is 64.5 Å². The molecule has 0 saturated heterocycles. The number of amides is 1. The second-order valence-electron chi connectivity index (χ2n) is 5.50. The van der Waals surface area contributed by atoms with Crippen molar-refractivity contribution in [3.63, 3.8) is 0 Å². The molecule has 3 rings (SSSR count). The van der Waals surface area contributed by atoms with Crippen molar-refractivity contribution < 1.29 is 9.18 Å². The van der Waals surface area contributed by atoms with Crippen molar-refractivity contribution in [2.24, 2.45) is 0 Å². The van der Waals surface area contributed by atoms with Gasteiger partial charge in [0.15, 0.2) is 5.16 Å². The van der Waals surface area contributed by atoms with Gasteiger partial charge in [-0.1, -0.05) is 23.9 Å². The van der Waals surface area contributed by atoms with Crippen molar-refractivity contribution in [2.75, 3.05) is 5.32 Å². The van der Waals surface area contributed by atoms with E-state index in [9.17, 15) is 14.0 Å². The van der Waals surface area contributed by atoms with Crippen LogP contribution in [0.2, 0.25) is 0 Å². The third-order valence-corrected chi connectivity index (χ3v) is 5.50. The molecule has 134 valence electrons. The van der Waals surface area contributed by atoms with E-state index in [1.54, 1.807) is 25.1 Å². The largest absolute Gasteiger partial charge is 0.325 e. The first-order valence-corrected chi connectivity index (χ1v) is 9.57. The molecule has 0 aliphatic heterocycles. The van der Waals surface area contributed by atoms with Crippen LogP contribution in [-0.4, -0.2) is 20.7 Å². The summed E-state index contributed by atoms with van der Waals surface area (Å²) in [5.41, 5.74) is 0.226. The van der Waals surface area contributed by atoms with Gasteiger partial charge in [0.25, 0.3) is 5.56 Å². The Labute approximate surface area is 157 Å². The van der Waals surface area contributed by atoms with Crippen LogP contribution in [0.15, 0.2) is 58.3 Å². The number of hydrogen-bond acceptors (Lipinski definition) is 5. The number of thioether (sulfide) groups is 1. The van der Waals surface area contributed by atoms with Crippen LogP contribution in [0.25, 0.3) is 10.2 Å². The lowest BCUT2D eigenvalue weighted by Crippen LogP contribution is -2.26. The molecule has 8 heteroatoms. The molecule has 1 N–H and O–H groups in total. The topological polar surface area (TPSA) is 64.0 Å². The maximum absolute atomic E-state index is 13.3. The van der Waals surface area contributed by atoms with Gasteiger partial charge in [0.2, 0.25) is 5.91 Å². The van der Waals surface area contributed by atoms with Crippen LogP contribution in [0.3, 0.4) is 0 Å². The summed E-state index contributed by atoms with van der Waals surface area (Å²) in [5, 5.41) is 4.96. The van der Waals surface area contributed by atoms with Gasteiger partial charge in [0, 0.05) is 12.2 Å². The molecule has 1 unspecified atom stereocenters. The molecule has 0 aliphatic carbocycles. The van der Waals surface area contributed by atoms with Gasteiger partial charge in [0.1, 0.15) is 10.6 Å². The smallest absolute Gasteiger partial charge is 0.263 e. The zero-order valence-electron chi connectivity index (χ0n) is 13.9. The fraction of sp³-hybridized carbons (Fsp3) is 0.167. The number of fused-ring (bicyclic) bond motifs is 1. The Morgan fingerprint density at radius 3 is 3.04 bits per heavy atom. The highest BCUT2D eigenvalue weighted by molar-refractivity contribution is 8.00. The number of nitrogens with one attached hydrogen (secondary N) is 1. The first kappa shape index (κ1) is 18.3. The van der Waals surface area contributed by atoms with Gasteiger partial charge in [-0.3, -0.25) is 14.2 Å². The summed E-state index contributed by atoms with van der Waals surface area (Å²) in [6, 6.07) is 7.43. The number of halogens is 1. The molecule has 3 aromatic rings. The monoisotopic (exact) mass is 389 g/mol. The average Bonchev–Trinajstić information content (AvgIpc) is 3.07. The second kappa shape index (κ2) is 7.84. The van der Waals surface area contributed by atoms with E-state index in [4.69, 9.17) is 0 Å². The Balaban J connectivity index is 1.85. The van der Waals surface area contributed by atoms with E-state index in [-0.39, 0.29) is 11.5 Å².